The van der Waals surface area contributed by atoms with Crippen LogP contribution in [0.3, 0.4) is 0 Å². The number of benzene rings is 2. The standard InChI is InChI=1S/C20H18FNO3S/c1-24-14-9-13(10-15(11-14)25-2)12-22-20(23)19-8-7-18(26-19)16-5-3-4-6-17(16)21/h3-11H,12H2,1-2H3,(H,22,23). The predicted molar refractivity (Wildman–Crippen MR) is 100 cm³/mol. The molecule has 0 atom stereocenters. The molecule has 0 saturated carbocycles. The summed E-state index contributed by atoms with van der Waals surface area (Å²) in [5, 5.41) is 2.86. The van der Waals surface area contributed by atoms with Gasteiger partial charge in [-0.2, -0.15) is 0 Å². The van der Waals surface area contributed by atoms with Crippen LogP contribution in [0.25, 0.3) is 10.4 Å². The Morgan fingerprint density at radius 2 is 1.73 bits per heavy atom. The van der Waals surface area contributed by atoms with Crippen LogP contribution in [0.2, 0.25) is 0 Å². The van der Waals surface area contributed by atoms with Crippen LogP contribution in [0.15, 0.2) is 54.6 Å². The summed E-state index contributed by atoms with van der Waals surface area (Å²) in [6.07, 6.45) is 0. The first kappa shape index (κ1) is 17.9. The Bertz CT molecular complexity index is 901. The molecule has 1 N–H and O–H groups in total. The highest BCUT2D eigenvalue weighted by Crippen LogP contribution is 2.30. The summed E-state index contributed by atoms with van der Waals surface area (Å²) in [5.41, 5.74) is 1.36. The molecule has 1 amide bonds. The largest absolute Gasteiger partial charge is 0.497 e. The zero-order valence-electron chi connectivity index (χ0n) is 14.4. The second-order valence-corrected chi connectivity index (χ2v) is 6.63. The van der Waals surface area contributed by atoms with Crippen molar-refractivity contribution in [2.75, 3.05) is 14.2 Å². The van der Waals surface area contributed by atoms with E-state index in [0.29, 0.717) is 28.5 Å². The third kappa shape index (κ3) is 4.03. The van der Waals surface area contributed by atoms with Gasteiger partial charge >= 0.3 is 0 Å². The first-order valence-corrected chi connectivity index (χ1v) is 8.77. The second kappa shape index (κ2) is 8.01. The Hall–Kier alpha value is -2.86. The van der Waals surface area contributed by atoms with Gasteiger partial charge in [0.05, 0.1) is 19.1 Å². The minimum absolute atomic E-state index is 0.209. The maximum atomic E-state index is 13.9. The third-order valence-electron chi connectivity index (χ3n) is 3.83. The van der Waals surface area contributed by atoms with Crippen molar-refractivity contribution in [1.82, 2.24) is 5.32 Å². The molecule has 6 heteroatoms. The van der Waals surface area contributed by atoms with E-state index in [-0.39, 0.29) is 11.7 Å². The normalized spacial score (nSPS) is 10.4. The number of amides is 1. The zero-order valence-corrected chi connectivity index (χ0v) is 15.2. The van der Waals surface area contributed by atoms with Gasteiger partial charge in [-0.3, -0.25) is 4.79 Å². The summed E-state index contributed by atoms with van der Waals surface area (Å²) in [4.78, 5) is 13.6. The van der Waals surface area contributed by atoms with E-state index in [0.717, 1.165) is 10.4 Å². The highest BCUT2D eigenvalue weighted by atomic mass is 32.1. The Morgan fingerprint density at radius 3 is 2.38 bits per heavy atom. The Kier molecular flexibility index (Phi) is 5.53. The number of carbonyl (C=O) groups excluding carboxylic acids is 1. The van der Waals surface area contributed by atoms with Gasteiger partial charge in [-0.05, 0) is 35.9 Å². The molecular formula is C20H18FNO3S. The van der Waals surface area contributed by atoms with Crippen LogP contribution in [0.5, 0.6) is 11.5 Å². The van der Waals surface area contributed by atoms with Crippen molar-refractivity contribution < 1.29 is 18.7 Å². The van der Waals surface area contributed by atoms with Gasteiger partial charge in [-0.1, -0.05) is 18.2 Å². The van der Waals surface area contributed by atoms with Gasteiger partial charge in [0.15, 0.2) is 0 Å². The van der Waals surface area contributed by atoms with Crippen LogP contribution in [0.4, 0.5) is 4.39 Å². The molecule has 0 radical (unpaired) electrons. The van der Waals surface area contributed by atoms with Gasteiger partial charge in [0.25, 0.3) is 5.91 Å². The summed E-state index contributed by atoms with van der Waals surface area (Å²) in [7, 11) is 3.15. The van der Waals surface area contributed by atoms with E-state index in [1.165, 1.54) is 17.4 Å². The number of ether oxygens (including phenoxy) is 2. The molecule has 0 saturated heterocycles. The Balaban J connectivity index is 1.71. The van der Waals surface area contributed by atoms with Gasteiger partial charge in [-0.15, -0.1) is 11.3 Å². The maximum absolute atomic E-state index is 13.9. The van der Waals surface area contributed by atoms with Gasteiger partial charge in [-0.25, -0.2) is 4.39 Å². The minimum atomic E-state index is -0.301. The fourth-order valence-corrected chi connectivity index (χ4v) is 3.45. The van der Waals surface area contributed by atoms with E-state index in [4.69, 9.17) is 9.47 Å². The molecule has 1 heterocycles. The van der Waals surface area contributed by atoms with Crippen LogP contribution in [-0.4, -0.2) is 20.1 Å². The van der Waals surface area contributed by atoms with Crippen LogP contribution >= 0.6 is 11.3 Å². The second-order valence-electron chi connectivity index (χ2n) is 5.55. The molecule has 4 nitrogen and oxygen atoms in total. The Morgan fingerprint density at radius 1 is 1.04 bits per heavy atom. The molecule has 1 aromatic heterocycles. The molecule has 134 valence electrons. The maximum Gasteiger partial charge on any atom is 0.261 e. The summed E-state index contributed by atoms with van der Waals surface area (Å²) < 4.78 is 24.3. The molecular weight excluding hydrogens is 353 g/mol. The van der Waals surface area contributed by atoms with Crippen molar-refractivity contribution in [2.24, 2.45) is 0 Å². The number of hydrogen-bond donors (Lipinski definition) is 1. The molecule has 0 bridgehead atoms. The molecule has 0 spiro atoms. The van der Waals surface area contributed by atoms with Crippen molar-refractivity contribution in [3.63, 3.8) is 0 Å². The molecule has 2 aromatic carbocycles. The predicted octanol–water partition coefficient (Wildman–Crippen LogP) is 4.50. The molecule has 0 aliphatic carbocycles. The van der Waals surface area contributed by atoms with Crippen molar-refractivity contribution in [3.8, 4) is 21.9 Å². The number of hydrogen-bond acceptors (Lipinski definition) is 4. The SMILES string of the molecule is COc1cc(CNC(=O)c2ccc(-c3ccccc3F)s2)cc(OC)c1. The van der Waals surface area contributed by atoms with Crippen molar-refractivity contribution >= 4 is 17.2 Å². The molecule has 3 rings (SSSR count). The highest BCUT2D eigenvalue weighted by molar-refractivity contribution is 7.17. The average Bonchev–Trinajstić information content (AvgIpc) is 3.16. The average molecular weight is 371 g/mol. The molecule has 3 aromatic rings. The van der Waals surface area contributed by atoms with Crippen molar-refractivity contribution in [1.29, 1.82) is 0 Å². The number of thiophene rings is 1. The van der Waals surface area contributed by atoms with E-state index in [1.54, 1.807) is 50.6 Å². The fraction of sp³-hybridized carbons (Fsp3) is 0.150. The van der Waals surface area contributed by atoms with Gasteiger partial charge in [0, 0.05) is 23.1 Å². The highest BCUT2D eigenvalue weighted by Gasteiger charge is 2.12. The first-order chi connectivity index (χ1) is 12.6. The van der Waals surface area contributed by atoms with Crippen LogP contribution in [-0.2, 0) is 6.54 Å². The summed E-state index contributed by atoms with van der Waals surface area (Å²) in [6.45, 7) is 0.333. The number of rotatable bonds is 6. The number of nitrogens with one attached hydrogen (secondary N) is 1. The quantitative estimate of drug-likeness (QED) is 0.694. The smallest absolute Gasteiger partial charge is 0.261 e. The van der Waals surface area contributed by atoms with Gasteiger partial charge in [0.1, 0.15) is 17.3 Å². The lowest BCUT2D eigenvalue weighted by molar-refractivity contribution is 0.0955. The summed E-state index contributed by atoms with van der Waals surface area (Å²) in [5.74, 6) is 0.808. The van der Waals surface area contributed by atoms with Crippen molar-refractivity contribution in [3.05, 3.63) is 70.9 Å². The van der Waals surface area contributed by atoms with Crippen LogP contribution in [0.1, 0.15) is 15.2 Å². The van der Waals surface area contributed by atoms with Gasteiger partial charge < -0.3 is 14.8 Å². The molecule has 0 unspecified atom stereocenters. The fourth-order valence-electron chi connectivity index (χ4n) is 2.50. The Labute approximate surface area is 155 Å². The zero-order chi connectivity index (χ0) is 18.5. The van der Waals surface area contributed by atoms with E-state index in [9.17, 15) is 9.18 Å². The summed E-state index contributed by atoms with van der Waals surface area (Å²) in [6, 6.07) is 15.4. The lowest BCUT2D eigenvalue weighted by atomic mass is 10.2. The van der Waals surface area contributed by atoms with E-state index >= 15 is 0 Å². The molecule has 0 aliphatic heterocycles. The van der Waals surface area contributed by atoms with E-state index < -0.39 is 0 Å². The van der Waals surface area contributed by atoms with Crippen LogP contribution in [0, 0.1) is 5.82 Å². The van der Waals surface area contributed by atoms with E-state index in [2.05, 4.69) is 5.32 Å². The monoisotopic (exact) mass is 371 g/mol. The van der Waals surface area contributed by atoms with Crippen LogP contribution < -0.4 is 14.8 Å². The number of halogens is 1. The lowest BCUT2D eigenvalue weighted by Gasteiger charge is -2.09. The first-order valence-electron chi connectivity index (χ1n) is 7.95. The molecule has 0 fully saturated rings. The number of methoxy groups -OCH3 is 2. The molecule has 0 aliphatic rings. The van der Waals surface area contributed by atoms with E-state index in [1.807, 2.05) is 12.1 Å². The minimum Gasteiger partial charge on any atom is -0.497 e. The summed E-state index contributed by atoms with van der Waals surface area (Å²) >= 11 is 1.26. The molecule has 26 heavy (non-hydrogen) atoms. The third-order valence-corrected chi connectivity index (χ3v) is 4.95. The number of carbonyl (C=O) groups is 1. The van der Waals surface area contributed by atoms with Crippen molar-refractivity contribution in [2.45, 2.75) is 6.54 Å². The van der Waals surface area contributed by atoms with Gasteiger partial charge in [0.2, 0.25) is 0 Å². The lowest BCUT2D eigenvalue weighted by Crippen LogP contribution is -2.21. The topological polar surface area (TPSA) is 47.6 Å².